The molecule has 0 saturated heterocycles. The van der Waals surface area contributed by atoms with Crippen LogP contribution in [0.4, 0.5) is 11.9 Å². The highest BCUT2D eigenvalue weighted by molar-refractivity contribution is 5.35. The Bertz CT molecular complexity index is 381. The number of hydrogen-bond acceptors (Lipinski definition) is 6. The van der Waals surface area contributed by atoms with Gasteiger partial charge in [0.2, 0.25) is 11.9 Å². The van der Waals surface area contributed by atoms with Gasteiger partial charge >= 0.3 is 6.01 Å². The standard InChI is InChI=1S/C13H25N5O/c1-5-8-10(4)9-19-13-16-11(14)15-12(17-13)18(6-2)7-3/h10H,5-9H2,1-4H3,(H2,14,15,16,17). The normalized spacial score (nSPS) is 12.2. The fourth-order valence-electron chi connectivity index (χ4n) is 1.87. The highest BCUT2D eigenvalue weighted by Crippen LogP contribution is 2.14. The lowest BCUT2D eigenvalue weighted by Crippen LogP contribution is -2.25. The van der Waals surface area contributed by atoms with Crippen molar-refractivity contribution >= 4 is 11.9 Å². The summed E-state index contributed by atoms with van der Waals surface area (Å²) in [5, 5.41) is 0. The zero-order valence-electron chi connectivity index (χ0n) is 12.4. The van der Waals surface area contributed by atoms with Gasteiger partial charge in [-0.15, -0.1) is 0 Å². The zero-order chi connectivity index (χ0) is 14.3. The minimum atomic E-state index is 0.204. The second kappa shape index (κ2) is 7.76. The molecule has 1 aromatic rings. The Kier molecular flexibility index (Phi) is 6.32. The molecule has 0 bridgehead atoms. The number of ether oxygens (including phenoxy) is 1. The third-order valence-electron chi connectivity index (χ3n) is 2.95. The fraction of sp³-hybridized carbons (Fsp3) is 0.769. The second-order valence-electron chi connectivity index (χ2n) is 4.65. The first kappa shape index (κ1) is 15.5. The van der Waals surface area contributed by atoms with E-state index in [1.54, 1.807) is 0 Å². The molecule has 0 amide bonds. The van der Waals surface area contributed by atoms with E-state index in [1.807, 2.05) is 18.7 Å². The maximum Gasteiger partial charge on any atom is 0.323 e. The maximum absolute atomic E-state index is 5.70. The molecule has 6 heteroatoms. The van der Waals surface area contributed by atoms with E-state index in [1.165, 1.54) is 0 Å². The van der Waals surface area contributed by atoms with Crippen LogP contribution in [0.5, 0.6) is 6.01 Å². The highest BCUT2D eigenvalue weighted by Gasteiger charge is 2.11. The Morgan fingerprint density at radius 1 is 1.16 bits per heavy atom. The van der Waals surface area contributed by atoms with E-state index >= 15 is 0 Å². The van der Waals surface area contributed by atoms with Crippen molar-refractivity contribution in [1.29, 1.82) is 0 Å². The fourth-order valence-corrected chi connectivity index (χ4v) is 1.87. The van der Waals surface area contributed by atoms with E-state index in [0.29, 0.717) is 24.5 Å². The molecule has 0 radical (unpaired) electrons. The summed E-state index contributed by atoms with van der Waals surface area (Å²) in [7, 11) is 0. The molecule has 1 rings (SSSR count). The molecule has 6 nitrogen and oxygen atoms in total. The molecule has 0 saturated carbocycles. The van der Waals surface area contributed by atoms with Crippen molar-refractivity contribution in [3.8, 4) is 6.01 Å². The van der Waals surface area contributed by atoms with Crippen LogP contribution in [0, 0.1) is 5.92 Å². The van der Waals surface area contributed by atoms with Crippen LogP contribution in [0.15, 0.2) is 0 Å². The average molecular weight is 267 g/mol. The summed E-state index contributed by atoms with van der Waals surface area (Å²) in [5.41, 5.74) is 5.70. The summed E-state index contributed by atoms with van der Waals surface area (Å²) in [6, 6.07) is 0.317. The minimum Gasteiger partial charge on any atom is -0.463 e. The average Bonchev–Trinajstić information content (AvgIpc) is 2.38. The van der Waals surface area contributed by atoms with Crippen LogP contribution in [0.2, 0.25) is 0 Å². The van der Waals surface area contributed by atoms with Crippen molar-refractivity contribution < 1.29 is 4.74 Å². The van der Waals surface area contributed by atoms with Gasteiger partial charge in [0.1, 0.15) is 0 Å². The first-order valence-electron chi connectivity index (χ1n) is 6.99. The Morgan fingerprint density at radius 2 is 1.84 bits per heavy atom. The molecule has 1 aromatic heterocycles. The molecular formula is C13H25N5O. The lowest BCUT2D eigenvalue weighted by atomic mass is 10.1. The number of anilines is 2. The predicted molar refractivity (Wildman–Crippen MR) is 77.4 cm³/mol. The maximum atomic E-state index is 5.70. The minimum absolute atomic E-state index is 0.204. The number of nitrogens with two attached hydrogens (primary N) is 1. The van der Waals surface area contributed by atoms with Gasteiger partial charge in [0.25, 0.3) is 0 Å². The van der Waals surface area contributed by atoms with Gasteiger partial charge in [0.15, 0.2) is 0 Å². The Hall–Kier alpha value is -1.59. The summed E-state index contributed by atoms with van der Waals surface area (Å²) in [4.78, 5) is 14.5. The topological polar surface area (TPSA) is 77.2 Å². The van der Waals surface area contributed by atoms with Gasteiger partial charge in [0.05, 0.1) is 6.61 Å². The molecule has 1 atom stereocenters. The summed E-state index contributed by atoms with van der Waals surface area (Å²) in [6.45, 7) is 10.7. The van der Waals surface area contributed by atoms with Crippen LogP contribution < -0.4 is 15.4 Å². The van der Waals surface area contributed by atoms with E-state index in [9.17, 15) is 0 Å². The van der Waals surface area contributed by atoms with E-state index in [4.69, 9.17) is 10.5 Å². The van der Waals surface area contributed by atoms with E-state index in [-0.39, 0.29) is 5.95 Å². The molecule has 1 heterocycles. The van der Waals surface area contributed by atoms with E-state index in [0.717, 1.165) is 25.9 Å². The number of aromatic nitrogens is 3. The Morgan fingerprint density at radius 3 is 2.42 bits per heavy atom. The number of hydrogen-bond donors (Lipinski definition) is 1. The highest BCUT2D eigenvalue weighted by atomic mass is 16.5. The lowest BCUT2D eigenvalue weighted by molar-refractivity contribution is 0.233. The molecule has 0 aromatic carbocycles. The van der Waals surface area contributed by atoms with Crippen molar-refractivity contribution in [3.63, 3.8) is 0 Å². The SMILES string of the molecule is CCCC(C)COc1nc(N)nc(N(CC)CC)n1. The molecule has 2 N–H and O–H groups in total. The molecule has 0 aliphatic rings. The smallest absolute Gasteiger partial charge is 0.323 e. The number of nitrogen functional groups attached to an aromatic ring is 1. The summed E-state index contributed by atoms with van der Waals surface area (Å²) in [5.74, 6) is 1.27. The third kappa shape index (κ3) is 4.89. The number of rotatable bonds is 8. The molecular weight excluding hydrogens is 242 g/mol. The van der Waals surface area contributed by atoms with Gasteiger partial charge in [-0.05, 0) is 26.2 Å². The van der Waals surface area contributed by atoms with Crippen LogP contribution in [-0.2, 0) is 0 Å². The van der Waals surface area contributed by atoms with Gasteiger partial charge in [-0.3, -0.25) is 0 Å². The Labute approximate surface area is 115 Å². The van der Waals surface area contributed by atoms with Crippen LogP contribution in [-0.4, -0.2) is 34.6 Å². The molecule has 108 valence electrons. The van der Waals surface area contributed by atoms with Crippen molar-refractivity contribution in [3.05, 3.63) is 0 Å². The third-order valence-corrected chi connectivity index (χ3v) is 2.95. The van der Waals surface area contributed by atoms with Gasteiger partial charge < -0.3 is 15.4 Å². The molecule has 0 aliphatic heterocycles. The van der Waals surface area contributed by atoms with Gasteiger partial charge in [-0.2, -0.15) is 15.0 Å². The van der Waals surface area contributed by atoms with Gasteiger partial charge in [-0.1, -0.05) is 20.3 Å². The van der Waals surface area contributed by atoms with Crippen molar-refractivity contribution in [1.82, 2.24) is 15.0 Å². The second-order valence-corrected chi connectivity index (χ2v) is 4.65. The predicted octanol–water partition coefficient (Wildman–Crippen LogP) is 2.11. The van der Waals surface area contributed by atoms with E-state index < -0.39 is 0 Å². The monoisotopic (exact) mass is 267 g/mol. The largest absolute Gasteiger partial charge is 0.463 e. The molecule has 0 fully saturated rings. The van der Waals surface area contributed by atoms with Gasteiger partial charge in [0, 0.05) is 13.1 Å². The van der Waals surface area contributed by atoms with E-state index in [2.05, 4.69) is 28.8 Å². The molecule has 0 spiro atoms. The van der Waals surface area contributed by atoms with Crippen molar-refractivity contribution in [2.45, 2.75) is 40.5 Å². The van der Waals surface area contributed by atoms with Crippen LogP contribution in [0.1, 0.15) is 40.5 Å². The van der Waals surface area contributed by atoms with Crippen molar-refractivity contribution in [2.75, 3.05) is 30.3 Å². The summed E-state index contributed by atoms with van der Waals surface area (Å²) in [6.07, 6.45) is 2.28. The number of nitrogens with zero attached hydrogens (tertiary/aromatic N) is 4. The lowest BCUT2D eigenvalue weighted by Gasteiger charge is -2.19. The van der Waals surface area contributed by atoms with Crippen LogP contribution in [0.25, 0.3) is 0 Å². The molecule has 1 unspecified atom stereocenters. The Balaban J connectivity index is 2.73. The quantitative estimate of drug-likeness (QED) is 0.777. The van der Waals surface area contributed by atoms with Crippen molar-refractivity contribution in [2.24, 2.45) is 5.92 Å². The first-order valence-corrected chi connectivity index (χ1v) is 6.99. The first-order chi connectivity index (χ1) is 9.10. The van der Waals surface area contributed by atoms with Gasteiger partial charge in [-0.25, -0.2) is 0 Å². The van der Waals surface area contributed by atoms with Crippen LogP contribution >= 0.6 is 0 Å². The molecule has 19 heavy (non-hydrogen) atoms. The summed E-state index contributed by atoms with van der Waals surface area (Å²) < 4.78 is 5.61. The molecule has 0 aliphatic carbocycles. The summed E-state index contributed by atoms with van der Waals surface area (Å²) >= 11 is 0. The zero-order valence-corrected chi connectivity index (χ0v) is 12.4. The van der Waals surface area contributed by atoms with Crippen LogP contribution in [0.3, 0.4) is 0 Å².